The van der Waals surface area contributed by atoms with Crippen molar-refractivity contribution in [1.29, 1.82) is 0 Å². The fourth-order valence-electron chi connectivity index (χ4n) is 3.97. The molecule has 3 aromatic carbocycles. The van der Waals surface area contributed by atoms with Crippen LogP contribution < -0.4 is 4.74 Å². The van der Waals surface area contributed by atoms with Crippen LogP contribution >= 0.6 is 0 Å². The van der Waals surface area contributed by atoms with Crippen LogP contribution in [0.15, 0.2) is 72.8 Å². The third kappa shape index (κ3) is 7.56. The van der Waals surface area contributed by atoms with Crippen molar-refractivity contribution >= 4 is 5.97 Å². The van der Waals surface area contributed by atoms with Crippen molar-refractivity contribution in [3.63, 3.8) is 0 Å². The van der Waals surface area contributed by atoms with Crippen LogP contribution in [0.25, 0.3) is 11.1 Å². The normalized spacial score (nSPS) is 11.9. The first-order valence-corrected chi connectivity index (χ1v) is 12.7. The zero-order chi connectivity index (χ0) is 24.2. The van der Waals surface area contributed by atoms with Crippen molar-refractivity contribution in [3.8, 4) is 16.9 Å². The van der Waals surface area contributed by atoms with Gasteiger partial charge in [0.25, 0.3) is 0 Å². The van der Waals surface area contributed by atoms with Gasteiger partial charge in [0.2, 0.25) is 0 Å². The maximum absolute atomic E-state index is 12.7. The van der Waals surface area contributed by atoms with Gasteiger partial charge in [-0.1, -0.05) is 94.1 Å². The number of benzene rings is 3. The largest absolute Gasteiger partial charge is 0.423 e. The number of para-hydroxylation sites is 1. The van der Waals surface area contributed by atoms with Crippen LogP contribution in [0, 0.1) is 0 Å². The minimum Gasteiger partial charge on any atom is -0.423 e. The standard InChI is InChI=1S/C31H38O3/c1-4-6-8-11-23-33-24(3)25-15-17-26(18-16-25)27-19-21-29(22-20-27)31(32)34-30-14-10-9-13-28(30)12-7-5-2/h9-10,13-22,24H,4-8,11-12,23H2,1-3H3. The molecule has 0 saturated carbocycles. The summed E-state index contributed by atoms with van der Waals surface area (Å²) < 4.78 is 11.7. The molecule has 0 saturated heterocycles. The van der Waals surface area contributed by atoms with E-state index in [4.69, 9.17) is 9.47 Å². The zero-order valence-corrected chi connectivity index (χ0v) is 20.9. The van der Waals surface area contributed by atoms with Crippen LogP contribution in [-0.4, -0.2) is 12.6 Å². The highest BCUT2D eigenvalue weighted by Crippen LogP contribution is 2.25. The van der Waals surface area contributed by atoms with E-state index in [2.05, 4.69) is 45.0 Å². The lowest BCUT2D eigenvalue weighted by Gasteiger charge is -2.14. The lowest BCUT2D eigenvalue weighted by molar-refractivity contribution is 0.0628. The Bertz CT molecular complexity index is 1010. The maximum Gasteiger partial charge on any atom is 0.343 e. The van der Waals surface area contributed by atoms with Gasteiger partial charge in [-0.05, 0) is 66.6 Å². The average Bonchev–Trinajstić information content (AvgIpc) is 2.88. The zero-order valence-electron chi connectivity index (χ0n) is 20.9. The minimum absolute atomic E-state index is 0.0908. The second-order valence-electron chi connectivity index (χ2n) is 8.87. The Morgan fingerprint density at radius 2 is 1.41 bits per heavy atom. The number of unbranched alkanes of at least 4 members (excludes halogenated alkanes) is 4. The van der Waals surface area contributed by atoms with E-state index in [1.807, 2.05) is 48.5 Å². The average molecular weight is 459 g/mol. The van der Waals surface area contributed by atoms with E-state index in [9.17, 15) is 4.79 Å². The lowest BCUT2D eigenvalue weighted by Crippen LogP contribution is -2.09. The van der Waals surface area contributed by atoms with E-state index < -0.39 is 0 Å². The second kappa shape index (κ2) is 13.7. The molecule has 0 N–H and O–H groups in total. The van der Waals surface area contributed by atoms with Crippen LogP contribution in [-0.2, 0) is 11.2 Å². The van der Waals surface area contributed by atoms with Crippen LogP contribution in [0.1, 0.15) is 86.9 Å². The summed E-state index contributed by atoms with van der Waals surface area (Å²) in [4.78, 5) is 12.7. The fourth-order valence-corrected chi connectivity index (χ4v) is 3.97. The fraction of sp³-hybridized carbons (Fsp3) is 0.387. The highest BCUT2D eigenvalue weighted by molar-refractivity contribution is 5.91. The number of hydrogen-bond acceptors (Lipinski definition) is 3. The molecule has 0 aliphatic rings. The molecule has 0 fully saturated rings. The van der Waals surface area contributed by atoms with Gasteiger partial charge in [0, 0.05) is 6.61 Å². The second-order valence-corrected chi connectivity index (χ2v) is 8.87. The number of aryl methyl sites for hydroxylation is 1. The highest BCUT2D eigenvalue weighted by atomic mass is 16.5. The van der Waals surface area contributed by atoms with E-state index in [1.165, 1.54) is 24.8 Å². The Morgan fingerprint density at radius 1 is 0.765 bits per heavy atom. The van der Waals surface area contributed by atoms with E-state index in [0.717, 1.165) is 49.0 Å². The summed E-state index contributed by atoms with van der Waals surface area (Å²) >= 11 is 0. The van der Waals surface area contributed by atoms with Gasteiger partial charge in [0.05, 0.1) is 11.7 Å². The third-order valence-electron chi connectivity index (χ3n) is 6.17. The predicted octanol–water partition coefficient (Wildman–Crippen LogP) is 8.57. The number of ether oxygens (including phenoxy) is 2. The van der Waals surface area contributed by atoms with Gasteiger partial charge in [-0.2, -0.15) is 0 Å². The molecule has 1 atom stereocenters. The van der Waals surface area contributed by atoms with Gasteiger partial charge in [-0.3, -0.25) is 0 Å². The molecule has 0 radical (unpaired) electrons. The van der Waals surface area contributed by atoms with Gasteiger partial charge >= 0.3 is 5.97 Å². The topological polar surface area (TPSA) is 35.5 Å². The molecular formula is C31H38O3. The van der Waals surface area contributed by atoms with Crippen molar-refractivity contribution in [2.45, 2.75) is 71.8 Å². The van der Waals surface area contributed by atoms with E-state index in [-0.39, 0.29) is 12.1 Å². The summed E-state index contributed by atoms with van der Waals surface area (Å²) in [6, 6.07) is 23.9. The van der Waals surface area contributed by atoms with E-state index in [1.54, 1.807) is 0 Å². The van der Waals surface area contributed by atoms with E-state index >= 15 is 0 Å². The molecule has 3 heteroatoms. The van der Waals surface area contributed by atoms with Crippen molar-refractivity contribution in [3.05, 3.63) is 89.5 Å². The molecule has 0 aliphatic heterocycles. The van der Waals surface area contributed by atoms with Crippen LogP contribution in [0.5, 0.6) is 5.75 Å². The summed E-state index contributed by atoms with van der Waals surface area (Å²) in [5.74, 6) is 0.332. The molecule has 0 heterocycles. The summed E-state index contributed by atoms with van der Waals surface area (Å²) in [6.07, 6.45) is 8.06. The molecule has 0 bridgehead atoms. The molecule has 0 spiro atoms. The molecule has 3 aromatic rings. The first-order valence-electron chi connectivity index (χ1n) is 12.7. The molecule has 34 heavy (non-hydrogen) atoms. The minimum atomic E-state index is -0.323. The first-order chi connectivity index (χ1) is 16.6. The van der Waals surface area contributed by atoms with Gasteiger partial charge in [-0.25, -0.2) is 4.79 Å². The monoisotopic (exact) mass is 458 g/mol. The van der Waals surface area contributed by atoms with Gasteiger partial charge in [0.15, 0.2) is 0 Å². The van der Waals surface area contributed by atoms with Crippen molar-refractivity contribution in [2.75, 3.05) is 6.61 Å². The van der Waals surface area contributed by atoms with Gasteiger partial charge in [-0.15, -0.1) is 0 Å². The van der Waals surface area contributed by atoms with Gasteiger partial charge < -0.3 is 9.47 Å². The van der Waals surface area contributed by atoms with Crippen LogP contribution in [0.3, 0.4) is 0 Å². The molecule has 180 valence electrons. The summed E-state index contributed by atoms with van der Waals surface area (Å²) in [7, 11) is 0. The van der Waals surface area contributed by atoms with Crippen LogP contribution in [0.2, 0.25) is 0 Å². The Morgan fingerprint density at radius 3 is 2.09 bits per heavy atom. The third-order valence-corrected chi connectivity index (χ3v) is 6.17. The molecule has 0 aromatic heterocycles. The number of rotatable bonds is 13. The Hall–Kier alpha value is -2.91. The van der Waals surface area contributed by atoms with Gasteiger partial charge in [0.1, 0.15) is 5.75 Å². The molecular weight excluding hydrogens is 420 g/mol. The summed E-state index contributed by atoms with van der Waals surface area (Å²) in [5.41, 5.74) is 4.99. The van der Waals surface area contributed by atoms with Crippen LogP contribution in [0.4, 0.5) is 0 Å². The SMILES string of the molecule is CCCCCCOC(C)c1ccc(-c2ccc(C(=O)Oc3ccccc3CCCC)cc2)cc1. The number of carbonyl (C=O) groups excluding carboxylic acids is 1. The summed E-state index contributed by atoms with van der Waals surface area (Å²) in [5, 5.41) is 0. The molecule has 3 rings (SSSR count). The lowest BCUT2D eigenvalue weighted by atomic mass is 10.0. The molecule has 3 nitrogen and oxygen atoms in total. The van der Waals surface area contributed by atoms with Crippen molar-refractivity contribution in [1.82, 2.24) is 0 Å². The maximum atomic E-state index is 12.7. The number of carbonyl (C=O) groups is 1. The Kier molecular flexibility index (Phi) is 10.4. The quantitative estimate of drug-likeness (QED) is 0.146. The predicted molar refractivity (Wildman–Crippen MR) is 140 cm³/mol. The summed E-state index contributed by atoms with van der Waals surface area (Å²) in [6.45, 7) is 7.30. The first kappa shape index (κ1) is 25.7. The smallest absolute Gasteiger partial charge is 0.343 e. The Balaban J connectivity index is 1.58. The number of esters is 1. The molecule has 1 unspecified atom stereocenters. The molecule has 0 aliphatic carbocycles. The van der Waals surface area contributed by atoms with Crippen molar-refractivity contribution in [2.24, 2.45) is 0 Å². The van der Waals surface area contributed by atoms with E-state index in [0.29, 0.717) is 11.3 Å². The molecule has 0 amide bonds. The Labute approximate surface area is 205 Å². The highest BCUT2D eigenvalue weighted by Gasteiger charge is 2.12. The number of hydrogen-bond donors (Lipinski definition) is 0. The van der Waals surface area contributed by atoms with Crippen molar-refractivity contribution < 1.29 is 14.3 Å².